The van der Waals surface area contributed by atoms with Crippen LogP contribution in [0, 0.1) is 0 Å². The van der Waals surface area contributed by atoms with Crippen LogP contribution in [0.3, 0.4) is 0 Å². The maximum absolute atomic E-state index is 12.3. The number of hydrogen-bond donors (Lipinski definition) is 1. The van der Waals surface area contributed by atoms with Crippen LogP contribution in [0.25, 0.3) is 0 Å². The van der Waals surface area contributed by atoms with Gasteiger partial charge in [0, 0.05) is 57.9 Å². The fourth-order valence-electron chi connectivity index (χ4n) is 3.74. The van der Waals surface area contributed by atoms with Gasteiger partial charge in [0.15, 0.2) is 0 Å². The zero-order valence-electron chi connectivity index (χ0n) is 13.7. The van der Waals surface area contributed by atoms with Crippen LogP contribution in [0.4, 0.5) is 5.82 Å². The molecule has 0 spiro atoms. The molecular formula is C17H23N5O2. The Hall–Kier alpha value is -2.15. The highest BCUT2D eigenvalue weighted by Crippen LogP contribution is 2.21. The number of carbonyl (C=O) groups excluding carboxylic acids is 2. The first-order valence-corrected chi connectivity index (χ1v) is 8.69. The molecule has 7 heteroatoms. The maximum atomic E-state index is 12.3. The Morgan fingerprint density at radius 2 is 1.96 bits per heavy atom. The molecule has 1 atom stereocenters. The Morgan fingerprint density at radius 1 is 1.17 bits per heavy atom. The van der Waals surface area contributed by atoms with E-state index in [1.807, 2.05) is 23.2 Å². The largest absolute Gasteiger partial charge is 0.354 e. The number of nitrogens with zero attached hydrogens (tertiary/aromatic N) is 4. The lowest BCUT2D eigenvalue weighted by molar-refractivity contribution is -0.141. The van der Waals surface area contributed by atoms with Crippen molar-refractivity contribution in [2.45, 2.75) is 24.9 Å². The van der Waals surface area contributed by atoms with Crippen molar-refractivity contribution in [3.8, 4) is 0 Å². The molecule has 0 aliphatic carbocycles. The van der Waals surface area contributed by atoms with Gasteiger partial charge in [-0.25, -0.2) is 4.98 Å². The van der Waals surface area contributed by atoms with Crippen LogP contribution in [0.5, 0.6) is 0 Å². The topological polar surface area (TPSA) is 68.8 Å². The number of pyridine rings is 1. The van der Waals surface area contributed by atoms with Crippen molar-refractivity contribution in [1.82, 2.24) is 20.1 Å². The number of amides is 2. The Kier molecular flexibility index (Phi) is 4.10. The number of nitrogens with one attached hydrogen (secondary N) is 1. The van der Waals surface area contributed by atoms with E-state index in [0.717, 1.165) is 45.1 Å². The van der Waals surface area contributed by atoms with Crippen molar-refractivity contribution in [2.75, 3.05) is 44.2 Å². The lowest BCUT2D eigenvalue weighted by atomic mass is 10.0. The number of aromatic nitrogens is 1. The van der Waals surface area contributed by atoms with Crippen LogP contribution in [0.2, 0.25) is 0 Å². The summed E-state index contributed by atoms with van der Waals surface area (Å²) in [6.45, 7) is 5.52. The molecule has 128 valence electrons. The van der Waals surface area contributed by atoms with E-state index in [-0.39, 0.29) is 17.9 Å². The zero-order valence-corrected chi connectivity index (χ0v) is 13.7. The normalized spacial score (nSPS) is 25.5. The van der Waals surface area contributed by atoms with E-state index < -0.39 is 0 Å². The predicted molar refractivity (Wildman–Crippen MR) is 89.6 cm³/mol. The van der Waals surface area contributed by atoms with Gasteiger partial charge in [0.25, 0.3) is 0 Å². The number of carbonyl (C=O) groups is 2. The molecule has 1 aromatic heterocycles. The molecule has 1 unspecified atom stereocenters. The third-order valence-corrected chi connectivity index (χ3v) is 5.27. The van der Waals surface area contributed by atoms with E-state index in [2.05, 4.69) is 26.2 Å². The van der Waals surface area contributed by atoms with Crippen LogP contribution in [0.1, 0.15) is 12.8 Å². The van der Waals surface area contributed by atoms with Gasteiger partial charge in [0.1, 0.15) is 11.9 Å². The number of hydrogen-bond acceptors (Lipinski definition) is 5. The lowest BCUT2D eigenvalue weighted by Crippen LogP contribution is -2.66. The minimum Gasteiger partial charge on any atom is -0.354 e. The SMILES string of the molecule is O=C1CCC(C(=O)N2CC(N3CCN(c4ccccn4)CC3)C2)N1. The van der Waals surface area contributed by atoms with E-state index in [0.29, 0.717) is 18.9 Å². The molecule has 3 saturated heterocycles. The molecule has 7 nitrogen and oxygen atoms in total. The number of likely N-dealkylation sites (tertiary alicyclic amines) is 1. The van der Waals surface area contributed by atoms with Gasteiger partial charge in [0.2, 0.25) is 11.8 Å². The number of piperazine rings is 1. The van der Waals surface area contributed by atoms with Crippen molar-refractivity contribution >= 4 is 17.6 Å². The van der Waals surface area contributed by atoms with Crippen molar-refractivity contribution < 1.29 is 9.59 Å². The first-order chi connectivity index (χ1) is 11.7. The molecule has 0 radical (unpaired) electrons. The van der Waals surface area contributed by atoms with Gasteiger partial charge < -0.3 is 15.1 Å². The maximum Gasteiger partial charge on any atom is 0.245 e. The van der Waals surface area contributed by atoms with Gasteiger partial charge in [-0.2, -0.15) is 0 Å². The highest BCUT2D eigenvalue weighted by Gasteiger charge is 2.40. The van der Waals surface area contributed by atoms with Crippen molar-refractivity contribution in [3.05, 3.63) is 24.4 Å². The van der Waals surface area contributed by atoms with Gasteiger partial charge >= 0.3 is 0 Å². The zero-order chi connectivity index (χ0) is 16.5. The Labute approximate surface area is 141 Å². The average Bonchev–Trinajstić information content (AvgIpc) is 3.01. The van der Waals surface area contributed by atoms with Crippen LogP contribution in [0.15, 0.2) is 24.4 Å². The highest BCUT2D eigenvalue weighted by molar-refractivity contribution is 5.91. The second kappa shape index (κ2) is 6.39. The van der Waals surface area contributed by atoms with Crippen LogP contribution >= 0.6 is 0 Å². The van der Waals surface area contributed by atoms with Gasteiger partial charge in [-0.05, 0) is 18.6 Å². The second-order valence-electron chi connectivity index (χ2n) is 6.77. The third-order valence-electron chi connectivity index (χ3n) is 5.27. The predicted octanol–water partition coefficient (Wildman–Crippen LogP) is -0.307. The molecule has 0 aromatic carbocycles. The van der Waals surface area contributed by atoms with Gasteiger partial charge in [-0.3, -0.25) is 14.5 Å². The molecule has 4 heterocycles. The summed E-state index contributed by atoms with van der Waals surface area (Å²) < 4.78 is 0. The average molecular weight is 329 g/mol. The first kappa shape index (κ1) is 15.4. The van der Waals surface area contributed by atoms with E-state index in [4.69, 9.17) is 0 Å². The summed E-state index contributed by atoms with van der Waals surface area (Å²) in [6.07, 6.45) is 2.95. The summed E-state index contributed by atoms with van der Waals surface area (Å²) in [7, 11) is 0. The molecule has 3 fully saturated rings. The molecule has 1 N–H and O–H groups in total. The summed E-state index contributed by atoms with van der Waals surface area (Å²) in [5, 5.41) is 2.76. The summed E-state index contributed by atoms with van der Waals surface area (Å²) >= 11 is 0. The van der Waals surface area contributed by atoms with Crippen molar-refractivity contribution in [2.24, 2.45) is 0 Å². The summed E-state index contributed by atoms with van der Waals surface area (Å²) in [5.74, 6) is 1.12. The number of rotatable bonds is 3. The molecule has 2 amide bonds. The Bertz CT molecular complexity index is 609. The summed E-state index contributed by atoms with van der Waals surface area (Å²) in [6, 6.07) is 6.17. The monoisotopic (exact) mass is 329 g/mol. The molecule has 3 aliphatic rings. The molecular weight excluding hydrogens is 306 g/mol. The molecule has 3 aliphatic heterocycles. The third kappa shape index (κ3) is 2.96. The van der Waals surface area contributed by atoms with Crippen LogP contribution < -0.4 is 10.2 Å². The molecule has 0 saturated carbocycles. The molecule has 1 aromatic rings. The standard InChI is InChI=1S/C17H23N5O2/c23-16-5-4-14(19-16)17(24)22-11-13(12-22)20-7-9-21(10-8-20)15-3-1-2-6-18-15/h1-3,6,13-14H,4-5,7-12H2,(H,19,23). The first-order valence-electron chi connectivity index (χ1n) is 8.69. The molecule has 0 bridgehead atoms. The van der Waals surface area contributed by atoms with Crippen molar-refractivity contribution in [1.29, 1.82) is 0 Å². The quantitative estimate of drug-likeness (QED) is 0.824. The lowest BCUT2D eigenvalue weighted by Gasteiger charge is -2.48. The molecule has 4 rings (SSSR count). The van der Waals surface area contributed by atoms with Gasteiger partial charge in [-0.15, -0.1) is 0 Å². The van der Waals surface area contributed by atoms with E-state index >= 15 is 0 Å². The smallest absolute Gasteiger partial charge is 0.245 e. The van der Waals surface area contributed by atoms with Crippen LogP contribution in [-0.4, -0.2) is 78.0 Å². The Morgan fingerprint density at radius 3 is 2.58 bits per heavy atom. The van der Waals surface area contributed by atoms with Gasteiger partial charge in [-0.1, -0.05) is 6.07 Å². The minimum absolute atomic E-state index is 0.00364. The van der Waals surface area contributed by atoms with Gasteiger partial charge in [0.05, 0.1) is 0 Å². The number of anilines is 1. The minimum atomic E-state index is -0.292. The van der Waals surface area contributed by atoms with E-state index in [9.17, 15) is 9.59 Å². The highest BCUT2D eigenvalue weighted by atomic mass is 16.2. The fraction of sp³-hybridized carbons (Fsp3) is 0.588. The second-order valence-corrected chi connectivity index (χ2v) is 6.77. The van der Waals surface area contributed by atoms with Crippen molar-refractivity contribution in [3.63, 3.8) is 0 Å². The van der Waals surface area contributed by atoms with E-state index in [1.165, 1.54) is 0 Å². The van der Waals surface area contributed by atoms with Crippen LogP contribution in [-0.2, 0) is 9.59 Å². The summed E-state index contributed by atoms with van der Waals surface area (Å²) in [5.41, 5.74) is 0. The molecule has 24 heavy (non-hydrogen) atoms. The Balaban J connectivity index is 1.24. The van der Waals surface area contributed by atoms with E-state index in [1.54, 1.807) is 0 Å². The fourth-order valence-corrected chi connectivity index (χ4v) is 3.74. The summed E-state index contributed by atoms with van der Waals surface area (Å²) in [4.78, 5) is 34.6.